The van der Waals surface area contributed by atoms with Gasteiger partial charge in [0.2, 0.25) is 0 Å². The van der Waals surface area contributed by atoms with E-state index in [0.717, 1.165) is 16.7 Å². The Morgan fingerprint density at radius 3 is 2.19 bits per heavy atom. The van der Waals surface area contributed by atoms with Crippen LogP contribution in [0.15, 0.2) is 85.4 Å². The molecule has 0 amide bonds. The molecule has 0 saturated carbocycles. The van der Waals surface area contributed by atoms with Crippen LogP contribution >= 0.6 is 0 Å². The molecule has 130 valence electrons. The van der Waals surface area contributed by atoms with Crippen molar-refractivity contribution >= 4 is 40.8 Å². The smallest absolute Gasteiger partial charge is 0.424 e. The molecule has 2 N–H and O–H groups in total. The summed E-state index contributed by atoms with van der Waals surface area (Å²) in [5.74, 6) is 1.34. The SMILES string of the molecule is C=Cc1cc(-c2cc3ccccc3c3ccccc23)ccc1/C=C/B(O)O. The Balaban J connectivity index is 1.95. The van der Waals surface area contributed by atoms with Crippen LogP contribution in [0, 0.1) is 0 Å². The molecular weight excluding hydrogens is 331 g/mol. The fourth-order valence-electron chi connectivity index (χ4n) is 3.55. The van der Waals surface area contributed by atoms with E-state index in [-0.39, 0.29) is 0 Å². The second-order valence-electron chi connectivity index (χ2n) is 6.51. The summed E-state index contributed by atoms with van der Waals surface area (Å²) in [7, 11) is -1.47. The summed E-state index contributed by atoms with van der Waals surface area (Å²) in [6, 6.07) is 25.2. The predicted molar refractivity (Wildman–Crippen MR) is 116 cm³/mol. The minimum absolute atomic E-state index is 0.895. The average Bonchev–Trinajstić information content (AvgIpc) is 2.71. The molecule has 0 heterocycles. The summed E-state index contributed by atoms with van der Waals surface area (Å²) in [6.07, 6.45) is 3.49. The Hall–Kier alpha value is -3.14. The highest BCUT2D eigenvalue weighted by Gasteiger charge is 2.09. The van der Waals surface area contributed by atoms with Gasteiger partial charge in [-0.25, -0.2) is 0 Å². The van der Waals surface area contributed by atoms with Crippen molar-refractivity contribution in [3.63, 3.8) is 0 Å². The first-order chi connectivity index (χ1) is 13.2. The lowest BCUT2D eigenvalue weighted by atomic mass is 9.88. The lowest BCUT2D eigenvalue weighted by Gasteiger charge is -2.12. The monoisotopic (exact) mass is 350 g/mol. The predicted octanol–water partition coefficient (Wildman–Crippen LogP) is 5.33. The van der Waals surface area contributed by atoms with Gasteiger partial charge in [-0.2, -0.15) is 0 Å². The molecule has 0 spiro atoms. The molecule has 4 rings (SSSR count). The minimum Gasteiger partial charge on any atom is -0.424 e. The van der Waals surface area contributed by atoms with E-state index in [9.17, 15) is 0 Å². The zero-order valence-electron chi connectivity index (χ0n) is 14.8. The largest absolute Gasteiger partial charge is 0.480 e. The van der Waals surface area contributed by atoms with E-state index in [2.05, 4.69) is 73.3 Å². The van der Waals surface area contributed by atoms with Gasteiger partial charge in [-0.1, -0.05) is 85.4 Å². The van der Waals surface area contributed by atoms with Crippen LogP contribution in [-0.2, 0) is 0 Å². The molecular formula is C24H19BO2. The standard InChI is InChI=1S/C24H19BO2/c1-2-17-15-20(12-11-18(17)13-14-25(26)27)24-16-19-7-3-4-8-21(19)22-9-5-6-10-23(22)24/h2-16,26-27H,1H2/b14-13+. The lowest BCUT2D eigenvalue weighted by molar-refractivity contribution is 0.424. The van der Waals surface area contributed by atoms with Gasteiger partial charge in [-0.3, -0.25) is 0 Å². The third-order valence-electron chi connectivity index (χ3n) is 4.83. The summed E-state index contributed by atoms with van der Waals surface area (Å²) in [5.41, 5.74) is 4.12. The molecule has 3 heteroatoms. The van der Waals surface area contributed by atoms with Crippen LogP contribution in [0.1, 0.15) is 11.1 Å². The zero-order valence-corrected chi connectivity index (χ0v) is 14.8. The number of hydrogen-bond donors (Lipinski definition) is 2. The van der Waals surface area contributed by atoms with Crippen LogP contribution in [0.25, 0.3) is 44.8 Å². The molecule has 4 aromatic carbocycles. The van der Waals surface area contributed by atoms with E-state index in [0.29, 0.717) is 0 Å². The minimum atomic E-state index is -1.47. The number of fused-ring (bicyclic) bond motifs is 3. The molecule has 0 fully saturated rings. The van der Waals surface area contributed by atoms with Gasteiger partial charge in [-0.05, 0) is 55.9 Å². The van der Waals surface area contributed by atoms with Gasteiger partial charge in [0.05, 0.1) is 0 Å². The topological polar surface area (TPSA) is 40.5 Å². The van der Waals surface area contributed by atoms with Crippen molar-refractivity contribution in [2.45, 2.75) is 0 Å². The first-order valence-electron chi connectivity index (χ1n) is 8.89. The van der Waals surface area contributed by atoms with E-state index >= 15 is 0 Å². The normalized spacial score (nSPS) is 11.3. The maximum Gasteiger partial charge on any atom is 0.480 e. The van der Waals surface area contributed by atoms with Gasteiger partial charge in [0, 0.05) is 0 Å². The number of hydrogen-bond acceptors (Lipinski definition) is 2. The van der Waals surface area contributed by atoms with Gasteiger partial charge < -0.3 is 10.0 Å². The first kappa shape index (κ1) is 17.3. The first-order valence-corrected chi connectivity index (χ1v) is 8.89. The Bertz CT molecular complexity index is 1180. The molecule has 0 bridgehead atoms. The third kappa shape index (κ3) is 3.31. The molecule has 2 nitrogen and oxygen atoms in total. The summed E-state index contributed by atoms with van der Waals surface area (Å²) in [6.45, 7) is 3.91. The summed E-state index contributed by atoms with van der Waals surface area (Å²) in [4.78, 5) is 0. The number of benzene rings is 4. The van der Waals surface area contributed by atoms with E-state index in [1.165, 1.54) is 33.1 Å². The molecule has 4 aromatic rings. The van der Waals surface area contributed by atoms with Crippen LogP contribution in [0.4, 0.5) is 0 Å². The van der Waals surface area contributed by atoms with Crippen molar-refractivity contribution < 1.29 is 10.0 Å². The third-order valence-corrected chi connectivity index (χ3v) is 4.83. The Kier molecular flexibility index (Phi) is 4.63. The van der Waals surface area contributed by atoms with Crippen LogP contribution in [0.5, 0.6) is 0 Å². The van der Waals surface area contributed by atoms with Gasteiger partial charge in [-0.15, -0.1) is 0 Å². The van der Waals surface area contributed by atoms with Crippen molar-refractivity contribution in [2.75, 3.05) is 0 Å². The molecule has 0 atom stereocenters. The molecule has 0 saturated heterocycles. The van der Waals surface area contributed by atoms with E-state index in [1.54, 1.807) is 12.2 Å². The summed E-state index contributed by atoms with van der Waals surface area (Å²) in [5, 5.41) is 23.0. The Labute approximate surface area is 158 Å². The van der Waals surface area contributed by atoms with Gasteiger partial charge >= 0.3 is 7.12 Å². The van der Waals surface area contributed by atoms with E-state index in [4.69, 9.17) is 10.0 Å². The maximum absolute atomic E-state index is 9.07. The van der Waals surface area contributed by atoms with E-state index < -0.39 is 7.12 Å². The van der Waals surface area contributed by atoms with Gasteiger partial charge in [0.25, 0.3) is 0 Å². The highest BCUT2D eigenvalue weighted by molar-refractivity contribution is 6.48. The van der Waals surface area contributed by atoms with Crippen molar-refractivity contribution in [1.29, 1.82) is 0 Å². The Morgan fingerprint density at radius 2 is 1.44 bits per heavy atom. The number of rotatable bonds is 4. The summed E-state index contributed by atoms with van der Waals surface area (Å²) >= 11 is 0. The van der Waals surface area contributed by atoms with Crippen molar-refractivity contribution in [1.82, 2.24) is 0 Å². The van der Waals surface area contributed by atoms with Crippen LogP contribution < -0.4 is 0 Å². The fourth-order valence-corrected chi connectivity index (χ4v) is 3.55. The van der Waals surface area contributed by atoms with Gasteiger partial charge in [0.1, 0.15) is 0 Å². The van der Waals surface area contributed by atoms with E-state index in [1.807, 2.05) is 6.07 Å². The molecule has 0 unspecified atom stereocenters. The van der Waals surface area contributed by atoms with Crippen LogP contribution in [0.3, 0.4) is 0 Å². The second-order valence-corrected chi connectivity index (χ2v) is 6.51. The van der Waals surface area contributed by atoms with Gasteiger partial charge in [0.15, 0.2) is 0 Å². The van der Waals surface area contributed by atoms with Crippen molar-refractivity contribution in [3.8, 4) is 11.1 Å². The average molecular weight is 350 g/mol. The highest BCUT2D eigenvalue weighted by atomic mass is 16.4. The van der Waals surface area contributed by atoms with Crippen LogP contribution in [0.2, 0.25) is 0 Å². The molecule has 0 radical (unpaired) electrons. The lowest BCUT2D eigenvalue weighted by Crippen LogP contribution is -2.05. The van der Waals surface area contributed by atoms with Crippen molar-refractivity contribution in [2.24, 2.45) is 0 Å². The molecule has 0 aromatic heterocycles. The summed E-state index contributed by atoms with van der Waals surface area (Å²) < 4.78 is 0. The quantitative estimate of drug-likeness (QED) is 0.386. The van der Waals surface area contributed by atoms with Crippen LogP contribution in [-0.4, -0.2) is 17.2 Å². The molecule has 0 aliphatic carbocycles. The molecule has 0 aliphatic rings. The fraction of sp³-hybridized carbons (Fsp3) is 0. The maximum atomic E-state index is 9.07. The molecule has 27 heavy (non-hydrogen) atoms. The molecule has 0 aliphatic heterocycles. The second kappa shape index (κ2) is 7.24. The zero-order chi connectivity index (χ0) is 18.8. The van der Waals surface area contributed by atoms with Crippen molar-refractivity contribution in [3.05, 3.63) is 96.5 Å². The Morgan fingerprint density at radius 1 is 0.741 bits per heavy atom. The highest BCUT2D eigenvalue weighted by Crippen LogP contribution is 2.35.